The van der Waals surface area contributed by atoms with E-state index in [0.29, 0.717) is 0 Å². The number of ether oxygens (including phenoxy) is 1. The second-order valence-corrected chi connectivity index (χ2v) is 3.31. The van der Waals surface area contributed by atoms with Gasteiger partial charge in [-0.1, -0.05) is 13.8 Å². The number of esters is 1. The lowest BCUT2D eigenvalue weighted by Crippen LogP contribution is -2.39. The van der Waals surface area contributed by atoms with Gasteiger partial charge in [-0.05, 0) is 6.92 Å². The zero-order chi connectivity index (χ0) is 9.78. The summed E-state index contributed by atoms with van der Waals surface area (Å²) in [5, 5.41) is 0. The molecule has 2 N–H and O–H groups in total. The quantitative estimate of drug-likeness (QED) is 0.717. The summed E-state index contributed by atoms with van der Waals surface area (Å²) in [5.74, 6) is -0.826. The predicted molar refractivity (Wildman–Crippen MR) is 51.6 cm³/mol. The Bertz CT molecular complexity index is 164. The van der Waals surface area contributed by atoms with Crippen LogP contribution in [0.3, 0.4) is 0 Å². The molecule has 0 radical (unpaired) electrons. The van der Waals surface area contributed by atoms with Gasteiger partial charge >= 0.3 is 5.97 Å². The number of carbonyl (C=O) groups is 1. The van der Waals surface area contributed by atoms with Crippen molar-refractivity contribution in [1.82, 2.24) is 0 Å². The van der Waals surface area contributed by atoms with Crippen molar-refractivity contribution in [3.63, 3.8) is 0 Å². The Morgan fingerprint density at radius 1 is 1.62 bits per heavy atom. The molecule has 1 atom stereocenters. The largest absolute Gasteiger partial charge is 0.464 e. The standard InChI is InChI=1S/C8H16FNO2.ClH/c1-4-12-7(11)6(9)8(2,3)5-10;/h6H,4-5,10H2,1-3H3;1H. The van der Waals surface area contributed by atoms with Crippen molar-refractivity contribution in [2.24, 2.45) is 11.1 Å². The second-order valence-electron chi connectivity index (χ2n) is 3.31. The Morgan fingerprint density at radius 3 is 2.38 bits per heavy atom. The van der Waals surface area contributed by atoms with E-state index in [9.17, 15) is 9.18 Å². The van der Waals surface area contributed by atoms with Crippen molar-refractivity contribution in [1.29, 1.82) is 0 Å². The van der Waals surface area contributed by atoms with E-state index in [2.05, 4.69) is 4.74 Å². The van der Waals surface area contributed by atoms with E-state index in [1.165, 1.54) is 0 Å². The topological polar surface area (TPSA) is 52.3 Å². The molecular weight excluding hydrogens is 197 g/mol. The van der Waals surface area contributed by atoms with Crippen LogP contribution in [0, 0.1) is 5.41 Å². The van der Waals surface area contributed by atoms with Gasteiger partial charge < -0.3 is 10.5 Å². The van der Waals surface area contributed by atoms with Gasteiger partial charge in [0.1, 0.15) is 0 Å². The van der Waals surface area contributed by atoms with Gasteiger partial charge in [0, 0.05) is 12.0 Å². The molecule has 1 unspecified atom stereocenters. The molecular formula is C8H17ClFNO2. The summed E-state index contributed by atoms with van der Waals surface area (Å²) >= 11 is 0. The van der Waals surface area contributed by atoms with Gasteiger partial charge in [-0.25, -0.2) is 9.18 Å². The summed E-state index contributed by atoms with van der Waals surface area (Å²) < 4.78 is 17.7. The van der Waals surface area contributed by atoms with Crippen molar-refractivity contribution in [3.8, 4) is 0 Å². The maximum absolute atomic E-state index is 13.2. The van der Waals surface area contributed by atoms with Crippen LogP contribution in [0.1, 0.15) is 20.8 Å². The van der Waals surface area contributed by atoms with Gasteiger partial charge in [0.25, 0.3) is 0 Å². The number of rotatable bonds is 4. The number of halogens is 2. The number of carbonyl (C=O) groups excluding carboxylic acids is 1. The van der Waals surface area contributed by atoms with Crippen molar-refractivity contribution < 1.29 is 13.9 Å². The summed E-state index contributed by atoms with van der Waals surface area (Å²) in [5.41, 5.74) is 4.45. The molecule has 0 amide bonds. The fraction of sp³-hybridized carbons (Fsp3) is 0.875. The minimum atomic E-state index is -1.64. The van der Waals surface area contributed by atoms with Gasteiger partial charge in [0.15, 0.2) is 0 Å². The normalized spacial score (nSPS) is 13.0. The van der Waals surface area contributed by atoms with Crippen LogP contribution in [0.4, 0.5) is 4.39 Å². The SMILES string of the molecule is CCOC(=O)C(F)C(C)(C)CN.Cl. The predicted octanol–water partition coefficient (Wildman–Crippen LogP) is 1.29. The lowest BCUT2D eigenvalue weighted by molar-refractivity contribution is -0.153. The van der Waals surface area contributed by atoms with E-state index in [0.717, 1.165) is 0 Å². The highest BCUT2D eigenvalue weighted by Gasteiger charge is 2.35. The van der Waals surface area contributed by atoms with Crippen molar-refractivity contribution in [2.75, 3.05) is 13.2 Å². The maximum Gasteiger partial charge on any atom is 0.341 e. The highest BCUT2D eigenvalue weighted by molar-refractivity contribution is 5.85. The first-order valence-corrected chi connectivity index (χ1v) is 3.96. The summed E-state index contributed by atoms with van der Waals surface area (Å²) in [6.07, 6.45) is -1.64. The van der Waals surface area contributed by atoms with E-state index < -0.39 is 17.6 Å². The Hall–Kier alpha value is -0.350. The summed E-state index contributed by atoms with van der Waals surface area (Å²) in [6.45, 7) is 5.14. The molecule has 13 heavy (non-hydrogen) atoms. The highest BCUT2D eigenvalue weighted by Crippen LogP contribution is 2.22. The molecule has 0 aromatic carbocycles. The van der Waals surface area contributed by atoms with Crippen molar-refractivity contribution in [2.45, 2.75) is 26.9 Å². The third-order valence-corrected chi connectivity index (χ3v) is 1.71. The fourth-order valence-electron chi connectivity index (χ4n) is 0.638. The van der Waals surface area contributed by atoms with Crippen LogP contribution in [0.25, 0.3) is 0 Å². The molecule has 0 aliphatic carbocycles. The molecule has 0 fully saturated rings. The van der Waals surface area contributed by atoms with E-state index in [1.54, 1.807) is 20.8 Å². The van der Waals surface area contributed by atoms with E-state index >= 15 is 0 Å². The van der Waals surface area contributed by atoms with Crippen LogP contribution >= 0.6 is 12.4 Å². The number of hydrogen-bond donors (Lipinski definition) is 1. The average Bonchev–Trinajstić information content (AvgIpc) is 2.03. The molecule has 80 valence electrons. The molecule has 0 aliphatic heterocycles. The summed E-state index contributed by atoms with van der Waals surface area (Å²) in [7, 11) is 0. The van der Waals surface area contributed by atoms with Crippen LogP contribution in [0.2, 0.25) is 0 Å². The molecule has 0 spiro atoms. The Labute approximate surface area is 84.2 Å². The van der Waals surface area contributed by atoms with Crippen molar-refractivity contribution >= 4 is 18.4 Å². The minimum Gasteiger partial charge on any atom is -0.464 e. The summed E-state index contributed by atoms with van der Waals surface area (Å²) in [6, 6.07) is 0. The van der Waals surface area contributed by atoms with E-state index in [-0.39, 0.29) is 25.6 Å². The molecule has 0 heterocycles. The molecule has 3 nitrogen and oxygen atoms in total. The van der Waals surface area contributed by atoms with Gasteiger partial charge in [-0.3, -0.25) is 0 Å². The maximum atomic E-state index is 13.2. The second kappa shape index (κ2) is 6.16. The van der Waals surface area contributed by atoms with E-state index in [4.69, 9.17) is 5.73 Å². The zero-order valence-corrected chi connectivity index (χ0v) is 8.99. The number of hydrogen-bond acceptors (Lipinski definition) is 3. The third-order valence-electron chi connectivity index (χ3n) is 1.71. The van der Waals surface area contributed by atoms with Crippen LogP contribution in [-0.2, 0) is 9.53 Å². The fourth-order valence-corrected chi connectivity index (χ4v) is 0.638. The smallest absolute Gasteiger partial charge is 0.341 e. The minimum absolute atomic E-state index is 0. The molecule has 0 aromatic rings. The van der Waals surface area contributed by atoms with Gasteiger partial charge in [-0.15, -0.1) is 12.4 Å². The van der Waals surface area contributed by atoms with Crippen LogP contribution in [-0.4, -0.2) is 25.3 Å². The van der Waals surface area contributed by atoms with Gasteiger partial charge in [0.2, 0.25) is 6.17 Å². The summed E-state index contributed by atoms with van der Waals surface area (Å²) in [4.78, 5) is 10.9. The monoisotopic (exact) mass is 213 g/mol. The molecule has 5 heteroatoms. The molecule has 0 rings (SSSR count). The highest BCUT2D eigenvalue weighted by atomic mass is 35.5. The molecule has 0 saturated carbocycles. The van der Waals surface area contributed by atoms with Crippen LogP contribution < -0.4 is 5.73 Å². The first-order valence-electron chi connectivity index (χ1n) is 3.96. The lowest BCUT2D eigenvalue weighted by atomic mass is 9.88. The van der Waals surface area contributed by atoms with Crippen LogP contribution in [0.5, 0.6) is 0 Å². The average molecular weight is 214 g/mol. The number of alkyl halides is 1. The molecule has 0 aliphatic rings. The first kappa shape index (κ1) is 15.1. The molecule has 0 saturated heterocycles. The Balaban J connectivity index is 0. The molecule has 0 bridgehead atoms. The first-order chi connectivity index (χ1) is 5.45. The zero-order valence-electron chi connectivity index (χ0n) is 8.17. The van der Waals surface area contributed by atoms with E-state index in [1.807, 2.05) is 0 Å². The number of nitrogens with two attached hydrogens (primary N) is 1. The molecule has 0 aromatic heterocycles. The van der Waals surface area contributed by atoms with Crippen molar-refractivity contribution in [3.05, 3.63) is 0 Å². The Kier molecular flexibility index (Phi) is 7.17. The Morgan fingerprint density at radius 2 is 2.08 bits per heavy atom. The van der Waals surface area contributed by atoms with Gasteiger partial charge in [-0.2, -0.15) is 0 Å². The van der Waals surface area contributed by atoms with Crippen LogP contribution in [0.15, 0.2) is 0 Å². The lowest BCUT2D eigenvalue weighted by Gasteiger charge is -2.24. The van der Waals surface area contributed by atoms with Gasteiger partial charge in [0.05, 0.1) is 6.61 Å². The third kappa shape index (κ3) is 4.43.